The summed E-state index contributed by atoms with van der Waals surface area (Å²) in [4.78, 5) is 15.7. The molecule has 0 atom stereocenters. The van der Waals surface area contributed by atoms with Gasteiger partial charge < -0.3 is 5.32 Å². The first kappa shape index (κ1) is 8.69. The molecular weight excluding hydrogens is 176 g/mol. The monoisotopic (exact) mass is 186 g/mol. The molecule has 0 unspecified atom stereocenters. The predicted octanol–water partition coefficient (Wildman–Crippen LogP) is 1.59. The van der Waals surface area contributed by atoms with E-state index in [4.69, 9.17) is 0 Å². The van der Waals surface area contributed by atoms with Gasteiger partial charge in [0, 0.05) is 18.6 Å². The summed E-state index contributed by atoms with van der Waals surface area (Å²) in [6.07, 6.45) is 1.65. The van der Waals surface area contributed by atoms with E-state index in [1.165, 1.54) is 0 Å². The zero-order valence-electron chi connectivity index (χ0n) is 7.82. The van der Waals surface area contributed by atoms with E-state index in [2.05, 4.69) is 10.3 Å². The van der Waals surface area contributed by atoms with Crippen LogP contribution in [0.15, 0.2) is 36.5 Å². The molecule has 0 aliphatic heterocycles. The lowest BCUT2D eigenvalue weighted by atomic mass is 10.1. The van der Waals surface area contributed by atoms with Gasteiger partial charge in [0.25, 0.3) is 5.91 Å². The van der Waals surface area contributed by atoms with Crippen LogP contribution in [0.3, 0.4) is 0 Å². The molecule has 1 aromatic heterocycles. The second kappa shape index (κ2) is 3.46. The maximum absolute atomic E-state index is 11.5. The summed E-state index contributed by atoms with van der Waals surface area (Å²) < 4.78 is 0. The van der Waals surface area contributed by atoms with E-state index in [9.17, 15) is 4.79 Å². The van der Waals surface area contributed by atoms with Crippen molar-refractivity contribution >= 4 is 16.8 Å². The third-order valence-corrected chi connectivity index (χ3v) is 2.12. The summed E-state index contributed by atoms with van der Waals surface area (Å²) in [5.41, 5.74) is 1.51. The average molecular weight is 186 g/mol. The van der Waals surface area contributed by atoms with E-state index in [0.29, 0.717) is 5.56 Å². The molecule has 0 aliphatic carbocycles. The van der Waals surface area contributed by atoms with E-state index in [1.54, 1.807) is 19.3 Å². The zero-order valence-corrected chi connectivity index (χ0v) is 7.82. The Hall–Kier alpha value is -1.90. The summed E-state index contributed by atoms with van der Waals surface area (Å²) in [6, 6.07) is 9.31. The van der Waals surface area contributed by atoms with Crippen LogP contribution in [0.2, 0.25) is 0 Å². The van der Waals surface area contributed by atoms with Crippen molar-refractivity contribution in [2.24, 2.45) is 0 Å². The summed E-state index contributed by atoms with van der Waals surface area (Å²) in [7, 11) is 1.62. The van der Waals surface area contributed by atoms with E-state index in [1.807, 2.05) is 24.3 Å². The fourth-order valence-corrected chi connectivity index (χ4v) is 1.43. The van der Waals surface area contributed by atoms with Gasteiger partial charge in [0.05, 0.1) is 11.1 Å². The standard InChI is InChI=1S/C11H10N2O/c1-12-11(14)9-6-7-13-10-5-3-2-4-8(9)10/h2-7H,1H3,(H,12,14). The number of hydrogen-bond acceptors (Lipinski definition) is 2. The van der Waals surface area contributed by atoms with Crippen LogP contribution < -0.4 is 5.32 Å². The second-order valence-corrected chi connectivity index (χ2v) is 2.95. The van der Waals surface area contributed by atoms with Gasteiger partial charge in [-0.1, -0.05) is 18.2 Å². The zero-order chi connectivity index (χ0) is 9.97. The normalized spacial score (nSPS) is 10.1. The van der Waals surface area contributed by atoms with Gasteiger partial charge in [-0.15, -0.1) is 0 Å². The Morgan fingerprint density at radius 3 is 2.86 bits per heavy atom. The van der Waals surface area contributed by atoms with E-state index in [-0.39, 0.29) is 5.91 Å². The second-order valence-electron chi connectivity index (χ2n) is 2.95. The molecule has 14 heavy (non-hydrogen) atoms. The minimum Gasteiger partial charge on any atom is -0.355 e. The Balaban J connectivity index is 2.71. The number of aromatic nitrogens is 1. The summed E-state index contributed by atoms with van der Waals surface area (Å²) >= 11 is 0. The molecule has 70 valence electrons. The average Bonchev–Trinajstić information content (AvgIpc) is 2.27. The Labute approximate surface area is 81.8 Å². The molecule has 1 amide bonds. The van der Waals surface area contributed by atoms with Crippen LogP contribution in [0.25, 0.3) is 10.9 Å². The first-order chi connectivity index (χ1) is 6.83. The van der Waals surface area contributed by atoms with Crippen molar-refractivity contribution in [3.63, 3.8) is 0 Å². The Morgan fingerprint density at radius 2 is 2.07 bits per heavy atom. The fourth-order valence-electron chi connectivity index (χ4n) is 1.43. The number of benzene rings is 1. The highest BCUT2D eigenvalue weighted by Crippen LogP contribution is 2.15. The van der Waals surface area contributed by atoms with Crippen molar-refractivity contribution in [2.45, 2.75) is 0 Å². The van der Waals surface area contributed by atoms with Crippen LogP contribution in [-0.4, -0.2) is 17.9 Å². The van der Waals surface area contributed by atoms with Gasteiger partial charge in [0.2, 0.25) is 0 Å². The Kier molecular flexibility index (Phi) is 2.14. The number of amides is 1. The van der Waals surface area contributed by atoms with Gasteiger partial charge in [-0.05, 0) is 12.1 Å². The SMILES string of the molecule is CNC(=O)c1ccnc2ccccc12. The number of pyridine rings is 1. The van der Waals surface area contributed by atoms with E-state index >= 15 is 0 Å². The minimum atomic E-state index is -0.0800. The molecule has 0 radical (unpaired) electrons. The molecule has 2 aromatic rings. The first-order valence-corrected chi connectivity index (χ1v) is 4.39. The minimum absolute atomic E-state index is 0.0800. The maximum atomic E-state index is 11.5. The molecule has 3 heteroatoms. The van der Waals surface area contributed by atoms with Crippen LogP contribution in [0.5, 0.6) is 0 Å². The third-order valence-electron chi connectivity index (χ3n) is 2.12. The van der Waals surface area contributed by atoms with Gasteiger partial charge in [-0.2, -0.15) is 0 Å². The number of fused-ring (bicyclic) bond motifs is 1. The van der Waals surface area contributed by atoms with Crippen LogP contribution in [0.1, 0.15) is 10.4 Å². The highest BCUT2D eigenvalue weighted by molar-refractivity contribution is 6.05. The van der Waals surface area contributed by atoms with Gasteiger partial charge in [0.1, 0.15) is 0 Å². The highest BCUT2D eigenvalue weighted by atomic mass is 16.1. The smallest absolute Gasteiger partial charge is 0.251 e. The lowest BCUT2D eigenvalue weighted by Gasteiger charge is -2.03. The number of nitrogens with one attached hydrogen (secondary N) is 1. The molecule has 0 fully saturated rings. The topological polar surface area (TPSA) is 42.0 Å². The van der Waals surface area contributed by atoms with Gasteiger partial charge in [-0.3, -0.25) is 9.78 Å². The van der Waals surface area contributed by atoms with E-state index in [0.717, 1.165) is 10.9 Å². The number of hydrogen-bond donors (Lipinski definition) is 1. The third kappa shape index (κ3) is 1.33. The predicted molar refractivity (Wildman–Crippen MR) is 55.1 cm³/mol. The molecule has 2 rings (SSSR count). The lowest BCUT2D eigenvalue weighted by molar-refractivity contribution is 0.0964. The van der Waals surface area contributed by atoms with Crippen molar-refractivity contribution in [1.29, 1.82) is 0 Å². The number of para-hydroxylation sites is 1. The molecular formula is C11H10N2O. The molecule has 0 spiro atoms. The highest BCUT2D eigenvalue weighted by Gasteiger charge is 2.07. The maximum Gasteiger partial charge on any atom is 0.251 e. The largest absolute Gasteiger partial charge is 0.355 e. The van der Waals surface area contributed by atoms with Gasteiger partial charge in [0.15, 0.2) is 0 Å². The molecule has 1 heterocycles. The summed E-state index contributed by atoms with van der Waals surface area (Å²) in [6.45, 7) is 0. The van der Waals surface area contributed by atoms with Crippen molar-refractivity contribution in [1.82, 2.24) is 10.3 Å². The Morgan fingerprint density at radius 1 is 1.29 bits per heavy atom. The molecule has 1 N–H and O–H groups in total. The number of nitrogens with zero attached hydrogens (tertiary/aromatic N) is 1. The molecule has 0 saturated carbocycles. The molecule has 0 saturated heterocycles. The first-order valence-electron chi connectivity index (χ1n) is 4.39. The number of carbonyl (C=O) groups excluding carboxylic acids is 1. The van der Waals surface area contributed by atoms with Crippen molar-refractivity contribution in [2.75, 3.05) is 7.05 Å². The quantitative estimate of drug-likeness (QED) is 0.734. The molecule has 1 aromatic carbocycles. The number of carbonyl (C=O) groups is 1. The van der Waals surface area contributed by atoms with Crippen LogP contribution in [0, 0.1) is 0 Å². The fraction of sp³-hybridized carbons (Fsp3) is 0.0909. The van der Waals surface area contributed by atoms with Crippen LogP contribution >= 0.6 is 0 Å². The summed E-state index contributed by atoms with van der Waals surface area (Å²) in [5.74, 6) is -0.0800. The van der Waals surface area contributed by atoms with Crippen molar-refractivity contribution in [3.8, 4) is 0 Å². The van der Waals surface area contributed by atoms with E-state index < -0.39 is 0 Å². The van der Waals surface area contributed by atoms with Crippen molar-refractivity contribution in [3.05, 3.63) is 42.1 Å². The molecule has 0 aliphatic rings. The number of rotatable bonds is 1. The Bertz CT molecular complexity index is 474. The molecule has 0 bridgehead atoms. The lowest BCUT2D eigenvalue weighted by Crippen LogP contribution is -2.18. The van der Waals surface area contributed by atoms with Crippen LogP contribution in [-0.2, 0) is 0 Å². The van der Waals surface area contributed by atoms with Gasteiger partial charge >= 0.3 is 0 Å². The van der Waals surface area contributed by atoms with Gasteiger partial charge in [-0.25, -0.2) is 0 Å². The van der Waals surface area contributed by atoms with Crippen LogP contribution in [0.4, 0.5) is 0 Å². The van der Waals surface area contributed by atoms with Crippen molar-refractivity contribution < 1.29 is 4.79 Å². The molecule has 3 nitrogen and oxygen atoms in total. The summed E-state index contributed by atoms with van der Waals surface area (Å²) in [5, 5.41) is 3.49.